The van der Waals surface area contributed by atoms with Crippen molar-refractivity contribution in [1.82, 2.24) is 5.32 Å². The number of hydrogen-bond acceptors (Lipinski definition) is 3. The largest absolute Gasteiger partial charge is 0.573 e. The Morgan fingerprint density at radius 1 is 1.37 bits per heavy atom. The highest BCUT2D eigenvalue weighted by Crippen LogP contribution is 2.31. The Balaban J connectivity index is 2.21. The minimum atomic E-state index is -4.75. The average molecular weight is 275 g/mol. The fraction of sp³-hybridized carbons (Fsp3) is 0.417. The van der Waals surface area contributed by atoms with Gasteiger partial charge in [0.15, 0.2) is 0 Å². The Kier molecular flexibility index (Phi) is 3.66. The highest BCUT2D eigenvalue weighted by Gasteiger charge is 2.35. The van der Waals surface area contributed by atoms with E-state index in [0.717, 1.165) is 0 Å². The number of benzene rings is 1. The first kappa shape index (κ1) is 13.7. The Bertz CT molecular complexity index is 476. The topological polar surface area (TPSA) is 58.6 Å². The molecule has 1 aliphatic heterocycles. The second-order valence-corrected chi connectivity index (χ2v) is 4.33. The number of rotatable bonds is 3. The monoisotopic (exact) mass is 275 g/mol. The zero-order chi connectivity index (χ0) is 14.0. The van der Waals surface area contributed by atoms with Gasteiger partial charge in [-0.15, -0.1) is 13.2 Å². The van der Waals surface area contributed by atoms with Crippen LogP contribution in [0.15, 0.2) is 24.3 Å². The summed E-state index contributed by atoms with van der Waals surface area (Å²) < 4.78 is 40.2. The fourth-order valence-electron chi connectivity index (χ4n) is 2.23. The van der Waals surface area contributed by atoms with E-state index in [9.17, 15) is 18.0 Å². The lowest BCUT2D eigenvalue weighted by Gasteiger charge is -2.16. The van der Waals surface area contributed by atoms with Crippen LogP contribution in [-0.2, 0) is 4.79 Å². The molecule has 2 atom stereocenters. The molecule has 1 fully saturated rings. The van der Waals surface area contributed by atoms with Crippen molar-refractivity contribution in [2.45, 2.75) is 12.3 Å². The van der Waals surface area contributed by atoms with E-state index >= 15 is 0 Å². The summed E-state index contributed by atoms with van der Waals surface area (Å²) in [5.74, 6) is -2.28. The lowest BCUT2D eigenvalue weighted by molar-refractivity contribution is -0.274. The van der Waals surface area contributed by atoms with Crippen LogP contribution >= 0.6 is 0 Å². The number of carbonyl (C=O) groups is 1. The number of alkyl halides is 3. The Morgan fingerprint density at radius 3 is 2.74 bits per heavy atom. The van der Waals surface area contributed by atoms with Crippen LogP contribution in [0.25, 0.3) is 0 Å². The van der Waals surface area contributed by atoms with Gasteiger partial charge >= 0.3 is 12.3 Å². The molecule has 104 valence electrons. The van der Waals surface area contributed by atoms with Crippen molar-refractivity contribution in [3.63, 3.8) is 0 Å². The van der Waals surface area contributed by atoms with Crippen molar-refractivity contribution in [1.29, 1.82) is 0 Å². The van der Waals surface area contributed by atoms with E-state index in [1.165, 1.54) is 18.2 Å². The zero-order valence-electron chi connectivity index (χ0n) is 9.78. The number of carboxylic acid groups (broad SMARTS) is 1. The first-order valence-electron chi connectivity index (χ1n) is 5.66. The van der Waals surface area contributed by atoms with Gasteiger partial charge in [-0.05, 0) is 17.7 Å². The predicted molar refractivity (Wildman–Crippen MR) is 59.9 cm³/mol. The third kappa shape index (κ3) is 3.37. The van der Waals surface area contributed by atoms with Crippen LogP contribution in [0.5, 0.6) is 5.75 Å². The molecule has 7 heteroatoms. The van der Waals surface area contributed by atoms with Crippen molar-refractivity contribution in [3.05, 3.63) is 29.8 Å². The molecule has 0 spiro atoms. The van der Waals surface area contributed by atoms with E-state index < -0.39 is 18.2 Å². The summed E-state index contributed by atoms with van der Waals surface area (Å²) in [6, 6.07) is 5.46. The molecule has 0 radical (unpaired) electrons. The summed E-state index contributed by atoms with van der Waals surface area (Å²) in [6.07, 6.45) is -4.75. The molecule has 0 amide bonds. The molecule has 1 saturated heterocycles. The summed E-state index contributed by atoms with van der Waals surface area (Å²) in [4.78, 5) is 11.0. The molecule has 1 aliphatic rings. The molecular formula is C12H12F3NO3. The van der Waals surface area contributed by atoms with Gasteiger partial charge in [-0.1, -0.05) is 12.1 Å². The van der Waals surface area contributed by atoms with Crippen molar-refractivity contribution in [2.75, 3.05) is 13.1 Å². The Morgan fingerprint density at radius 2 is 2.11 bits per heavy atom. The smallest absolute Gasteiger partial charge is 0.481 e. The SMILES string of the molecule is O=C(O)C1CNCC1c1cccc(OC(F)(F)F)c1. The van der Waals surface area contributed by atoms with Gasteiger partial charge in [0.05, 0.1) is 5.92 Å². The van der Waals surface area contributed by atoms with E-state index in [-0.39, 0.29) is 11.7 Å². The molecule has 0 bridgehead atoms. The van der Waals surface area contributed by atoms with Crippen LogP contribution in [0.1, 0.15) is 11.5 Å². The van der Waals surface area contributed by atoms with Gasteiger partial charge in [0, 0.05) is 19.0 Å². The number of ether oxygens (including phenoxy) is 1. The van der Waals surface area contributed by atoms with Crippen LogP contribution in [0.2, 0.25) is 0 Å². The highest BCUT2D eigenvalue weighted by molar-refractivity contribution is 5.72. The first-order chi connectivity index (χ1) is 8.87. The van der Waals surface area contributed by atoms with Crippen molar-refractivity contribution < 1.29 is 27.8 Å². The molecule has 0 aliphatic carbocycles. The summed E-state index contributed by atoms with van der Waals surface area (Å²) in [5.41, 5.74) is 0.527. The van der Waals surface area contributed by atoms with Gasteiger partial charge in [-0.2, -0.15) is 0 Å². The summed E-state index contributed by atoms with van der Waals surface area (Å²) >= 11 is 0. The van der Waals surface area contributed by atoms with Gasteiger partial charge in [-0.25, -0.2) is 0 Å². The third-order valence-electron chi connectivity index (χ3n) is 3.05. The van der Waals surface area contributed by atoms with Crippen LogP contribution in [-0.4, -0.2) is 30.5 Å². The number of halogens is 3. The molecule has 0 saturated carbocycles. The lowest BCUT2D eigenvalue weighted by Crippen LogP contribution is -2.21. The Hall–Kier alpha value is -1.76. The van der Waals surface area contributed by atoms with Crippen LogP contribution in [0.4, 0.5) is 13.2 Å². The first-order valence-corrected chi connectivity index (χ1v) is 5.66. The molecule has 1 aromatic rings. The maximum Gasteiger partial charge on any atom is 0.573 e. The fourth-order valence-corrected chi connectivity index (χ4v) is 2.23. The van der Waals surface area contributed by atoms with E-state index in [1.54, 1.807) is 6.07 Å². The van der Waals surface area contributed by atoms with Gasteiger partial charge in [-0.3, -0.25) is 4.79 Å². The summed E-state index contributed by atoms with van der Waals surface area (Å²) in [5, 5.41) is 12.0. The van der Waals surface area contributed by atoms with Gasteiger partial charge < -0.3 is 15.2 Å². The van der Waals surface area contributed by atoms with E-state index in [4.69, 9.17) is 5.11 Å². The molecule has 2 rings (SSSR count). The molecule has 2 unspecified atom stereocenters. The summed E-state index contributed by atoms with van der Waals surface area (Å²) in [6.45, 7) is 0.733. The Labute approximate surface area is 107 Å². The van der Waals surface area contributed by atoms with Gasteiger partial charge in [0.25, 0.3) is 0 Å². The van der Waals surface area contributed by atoms with E-state index in [2.05, 4.69) is 10.1 Å². The van der Waals surface area contributed by atoms with Crippen molar-refractivity contribution in [3.8, 4) is 5.75 Å². The number of aliphatic carboxylic acids is 1. The molecule has 2 N–H and O–H groups in total. The van der Waals surface area contributed by atoms with Gasteiger partial charge in [0.2, 0.25) is 0 Å². The number of nitrogens with one attached hydrogen (secondary N) is 1. The number of carboxylic acids is 1. The van der Waals surface area contributed by atoms with Crippen molar-refractivity contribution >= 4 is 5.97 Å². The molecule has 19 heavy (non-hydrogen) atoms. The minimum absolute atomic E-state index is 0.310. The van der Waals surface area contributed by atoms with Crippen LogP contribution < -0.4 is 10.1 Å². The maximum absolute atomic E-state index is 12.1. The second-order valence-electron chi connectivity index (χ2n) is 4.33. The normalized spacial score (nSPS) is 23.3. The third-order valence-corrected chi connectivity index (χ3v) is 3.05. The van der Waals surface area contributed by atoms with Gasteiger partial charge in [0.1, 0.15) is 5.75 Å². The van der Waals surface area contributed by atoms with Crippen molar-refractivity contribution in [2.24, 2.45) is 5.92 Å². The molecule has 0 aromatic heterocycles. The predicted octanol–water partition coefficient (Wildman–Crippen LogP) is 1.97. The summed E-state index contributed by atoms with van der Waals surface area (Å²) in [7, 11) is 0. The lowest BCUT2D eigenvalue weighted by atomic mass is 9.89. The molecular weight excluding hydrogens is 263 g/mol. The highest BCUT2D eigenvalue weighted by atomic mass is 19.4. The minimum Gasteiger partial charge on any atom is -0.481 e. The molecule has 4 nitrogen and oxygen atoms in total. The molecule has 1 heterocycles. The average Bonchev–Trinajstić information content (AvgIpc) is 2.75. The maximum atomic E-state index is 12.1. The van der Waals surface area contributed by atoms with E-state index in [1.807, 2.05) is 0 Å². The van der Waals surface area contributed by atoms with Crippen LogP contribution in [0.3, 0.4) is 0 Å². The van der Waals surface area contributed by atoms with E-state index in [0.29, 0.717) is 18.7 Å². The van der Waals surface area contributed by atoms with Crippen LogP contribution in [0, 0.1) is 5.92 Å². The number of hydrogen-bond donors (Lipinski definition) is 2. The zero-order valence-corrected chi connectivity index (χ0v) is 9.78. The standard InChI is InChI=1S/C12H12F3NO3/c13-12(14,15)19-8-3-1-2-7(4-8)9-5-16-6-10(9)11(17)18/h1-4,9-10,16H,5-6H2,(H,17,18). The second kappa shape index (κ2) is 5.08. The molecule has 1 aromatic carbocycles. The quantitative estimate of drug-likeness (QED) is 0.885.